The van der Waals surface area contributed by atoms with Crippen LogP contribution in [0.1, 0.15) is 48.4 Å². The van der Waals surface area contributed by atoms with Gasteiger partial charge in [-0.1, -0.05) is 36.4 Å². The third-order valence-electron chi connectivity index (χ3n) is 4.32. The molecule has 0 aliphatic rings. The van der Waals surface area contributed by atoms with Crippen LogP contribution in [0.2, 0.25) is 0 Å². The Balaban J connectivity index is 2.01. The molecule has 2 aromatic carbocycles. The normalized spacial score (nSPS) is 11.9. The lowest BCUT2D eigenvalue weighted by atomic mass is 10.0. The van der Waals surface area contributed by atoms with Crippen LogP contribution in [0.3, 0.4) is 0 Å². The van der Waals surface area contributed by atoms with E-state index in [4.69, 9.17) is 14.2 Å². The molecule has 0 bridgehead atoms. The molecule has 0 aliphatic carbocycles. The highest BCUT2D eigenvalue weighted by molar-refractivity contribution is 8.14. The molecular formula is C24H27NO7S. The number of esters is 2. The van der Waals surface area contributed by atoms with Gasteiger partial charge in [-0.3, -0.25) is 4.79 Å². The minimum absolute atomic E-state index is 0.321. The van der Waals surface area contributed by atoms with Gasteiger partial charge in [0.15, 0.2) is 0 Å². The molecule has 0 spiro atoms. The molecule has 0 fully saturated rings. The van der Waals surface area contributed by atoms with E-state index in [0.717, 1.165) is 0 Å². The summed E-state index contributed by atoms with van der Waals surface area (Å²) < 4.78 is 14.1. The van der Waals surface area contributed by atoms with Crippen molar-refractivity contribution in [2.45, 2.75) is 44.6 Å². The monoisotopic (exact) mass is 473 g/mol. The first kappa shape index (κ1) is 25.9. The molecule has 0 radical (unpaired) electrons. The average molecular weight is 474 g/mol. The van der Waals surface area contributed by atoms with Crippen LogP contribution in [0, 0.1) is 0 Å². The van der Waals surface area contributed by atoms with Crippen LogP contribution in [0.25, 0.3) is 0 Å². The maximum Gasteiger partial charge on any atom is 0.370 e. The molecule has 0 unspecified atom stereocenters. The van der Waals surface area contributed by atoms with Crippen molar-refractivity contribution in [2.75, 3.05) is 6.79 Å². The van der Waals surface area contributed by atoms with Crippen molar-refractivity contribution in [2.24, 2.45) is 0 Å². The molecule has 1 amide bonds. The smallest absolute Gasteiger partial charge is 0.370 e. The molecule has 0 saturated carbocycles. The van der Waals surface area contributed by atoms with Crippen molar-refractivity contribution in [3.8, 4) is 0 Å². The first-order valence-electron chi connectivity index (χ1n) is 10.2. The third kappa shape index (κ3) is 8.27. The quantitative estimate of drug-likeness (QED) is 0.426. The number of carbonyl (C=O) groups is 4. The Hall–Kier alpha value is -3.33. The van der Waals surface area contributed by atoms with Gasteiger partial charge in [-0.05, 0) is 63.7 Å². The molecule has 2 aromatic rings. The van der Waals surface area contributed by atoms with Crippen molar-refractivity contribution in [3.63, 3.8) is 0 Å². The zero-order valence-corrected chi connectivity index (χ0v) is 19.7. The Morgan fingerprint density at radius 2 is 1.42 bits per heavy atom. The van der Waals surface area contributed by atoms with E-state index < -0.39 is 46.8 Å². The Morgan fingerprint density at radius 1 is 0.879 bits per heavy atom. The average Bonchev–Trinajstić information content (AvgIpc) is 2.77. The number of hydrogen-bond acceptors (Lipinski definition) is 8. The van der Waals surface area contributed by atoms with Crippen molar-refractivity contribution in [1.29, 1.82) is 0 Å². The van der Waals surface area contributed by atoms with Gasteiger partial charge in [-0.15, -0.1) is 0 Å². The minimum atomic E-state index is -1.16. The number of amides is 1. The first-order valence-corrected chi connectivity index (χ1v) is 11.1. The fourth-order valence-electron chi connectivity index (χ4n) is 2.71. The Morgan fingerprint density at radius 3 is 1.97 bits per heavy atom. The van der Waals surface area contributed by atoms with Crippen LogP contribution >= 0.6 is 11.8 Å². The SMILES string of the molecule is CC(C)OC(=O)[C@H](NC(=O)c1ccccc1)C(C)(C)SC(=O)OCOC(=O)c1ccccc1. The second kappa shape index (κ2) is 12.1. The number of rotatable bonds is 9. The zero-order chi connectivity index (χ0) is 24.4. The van der Waals surface area contributed by atoms with E-state index in [1.54, 1.807) is 88.4 Å². The van der Waals surface area contributed by atoms with E-state index in [0.29, 0.717) is 22.9 Å². The topological polar surface area (TPSA) is 108 Å². The summed E-state index contributed by atoms with van der Waals surface area (Å²) in [5.74, 6) is -1.81. The molecule has 8 nitrogen and oxygen atoms in total. The molecular weight excluding hydrogens is 446 g/mol. The van der Waals surface area contributed by atoms with Gasteiger partial charge in [0, 0.05) is 5.56 Å². The third-order valence-corrected chi connectivity index (χ3v) is 5.36. The first-order chi connectivity index (χ1) is 15.6. The molecule has 2 rings (SSSR count). The summed E-state index contributed by atoms with van der Waals surface area (Å²) in [4.78, 5) is 49.7. The van der Waals surface area contributed by atoms with Crippen molar-refractivity contribution >= 4 is 34.9 Å². The molecule has 176 valence electrons. The van der Waals surface area contributed by atoms with E-state index in [1.165, 1.54) is 0 Å². The summed E-state index contributed by atoms with van der Waals surface area (Å²) >= 11 is 0.682. The highest BCUT2D eigenvalue weighted by Gasteiger charge is 2.41. The van der Waals surface area contributed by atoms with Gasteiger partial charge in [0.25, 0.3) is 5.91 Å². The Kier molecular flexibility index (Phi) is 9.47. The molecule has 0 heterocycles. The summed E-state index contributed by atoms with van der Waals surface area (Å²) in [6.07, 6.45) is -0.418. The zero-order valence-electron chi connectivity index (χ0n) is 18.9. The van der Waals surface area contributed by atoms with Crippen molar-refractivity contribution in [1.82, 2.24) is 5.32 Å². The maximum absolute atomic E-state index is 12.7. The van der Waals surface area contributed by atoms with Crippen molar-refractivity contribution in [3.05, 3.63) is 71.8 Å². The van der Waals surface area contributed by atoms with Crippen LogP contribution < -0.4 is 5.32 Å². The lowest BCUT2D eigenvalue weighted by Crippen LogP contribution is -2.54. The maximum atomic E-state index is 12.7. The summed E-state index contributed by atoms with van der Waals surface area (Å²) in [6, 6.07) is 15.5. The minimum Gasteiger partial charge on any atom is -0.461 e. The lowest BCUT2D eigenvalue weighted by Gasteiger charge is -2.32. The van der Waals surface area contributed by atoms with E-state index in [-0.39, 0.29) is 0 Å². The van der Waals surface area contributed by atoms with Crippen LogP contribution in [-0.4, -0.2) is 46.8 Å². The fraction of sp³-hybridized carbons (Fsp3) is 0.333. The number of carbonyl (C=O) groups excluding carboxylic acids is 4. The van der Waals surface area contributed by atoms with E-state index >= 15 is 0 Å². The molecule has 1 atom stereocenters. The van der Waals surface area contributed by atoms with Crippen molar-refractivity contribution < 1.29 is 33.4 Å². The number of hydrogen-bond donors (Lipinski definition) is 1. The molecule has 0 aliphatic heterocycles. The van der Waals surface area contributed by atoms with Crippen LogP contribution in [0.5, 0.6) is 0 Å². The Bertz CT molecular complexity index is 961. The number of thioether (sulfide) groups is 1. The van der Waals surface area contributed by atoms with Gasteiger partial charge in [-0.25, -0.2) is 14.4 Å². The van der Waals surface area contributed by atoms with Crippen LogP contribution in [0.15, 0.2) is 60.7 Å². The van der Waals surface area contributed by atoms with Gasteiger partial charge >= 0.3 is 17.2 Å². The van der Waals surface area contributed by atoms with E-state index in [9.17, 15) is 19.2 Å². The predicted octanol–water partition coefficient (Wildman–Crippen LogP) is 4.20. The predicted molar refractivity (Wildman–Crippen MR) is 124 cm³/mol. The summed E-state index contributed by atoms with van der Waals surface area (Å²) in [6.45, 7) is 5.99. The largest absolute Gasteiger partial charge is 0.461 e. The Labute approximate surface area is 197 Å². The van der Waals surface area contributed by atoms with E-state index in [1.807, 2.05) is 0 Å². The van der Waals surface area contributed by atoms with Crippen LogP contribution in [0.4, 0.5) is 4.79 Å². The molecule has 1 N–H and O–H groups in total. The summed E-state index contributed by atoms with van der Waals surface area (Å²) in [7, 11) is 0. The molecule has 0 aromatic heterocycles. The lowest BCUT2D eigenvalue weighted by molar-refractivity contribution is -0.150. The van der Waals surface area contributed by atoms with E-state index in [2.05, 4.69) is 5.32 Å². The van der Waals surface area contributed by atoms with Gasteiger partial charge in [0.05, 0.1) is 16.4 Å². The number of ether oxygens (including phenoxy) is 3. The molecule has 0 saturated heterocycles. The molecule has 33 heavy (non-hydrogen) atoms. The standard InChI is InChI=1S/C24H27NO7S/c1-16(2)32-22(28)19(25-20(26)17-11-7-5-8-12-17)24(3,4)33-23(29)31-15-30-21(27)18-13-9-6-10-14-18/h5-14,16,19H,15H2,1-4H3,(H,25,26)/t19-/m0/s1. The van der Waals surface area contributed by atoms with Crippen LogP contribution in [-0.2, 0) is 19.0 Å². The second-order valence-corrected chi connectivity index (χ2v) is 9.36. The second-order valence-electron chi connectivity index (χ2n) is 7.77. The summed E-state index contributed by atoms with van der Waals surface area (Å²) in [5, 5.41) is 1.87. The van der Waals surface area contributed by atoms with Gasteiger partial charge < -0.3 is 19.5 Å². The molecule has 9 heteroatoms. The number of benzene rings is 2. The van der Waals surface area contributed by atoms with Gasteiger partial charge in [-0.2, -0.15) is 0 Å². The number of nitrogens with one attached hydrogen (secondary N) is 1. The fourth-order valence-corrected chi connectivity index (χ4v) is 3.52. The highest BCUT2D eigenvalue weighted by Crippen LogP contribution is 2.31. The van der Waals surface area contributed by atoms with Gasteiger partial charge in [0.2, 0.25) is 6.79 Å². The summed E-state index contributed by atoms with van der Waals surface area (Å²) in [5.41, 5.74) is 0.678. The highest BCUT2D eigenvalue weighted by atomic mass is 32.2. The van der Waals surface area contributed by atoms with Gasteiger partial charge in [0.1, 0.15) is 6.04 Å².